The van der Waals surface area contributed by atoms with E-state index in [1.54, 1.807) is 0 Å². The Morgan fingerprint density at radius 1 is 1.05 bits per heavy atom. The molecule has 0 radical (unpaired) electrons. The van der Waals surface area contributed by atoms with Gasteiger partial charge in [0.1, 0.15) is 0 Å². The van der Waals surface area contributed by atoms with Gasteiger partial charge in [-0.25, -0.2) is 0 Å². The Morgan fingerprint density at radius 3 is 2.33 bits per heavy atom. The average molecular weight is 299 g/mol. The Bertz CT molecular complexity index is 566. The van der Waals surface area contributed by atoms with Crippen LogP contribution in [-0.4, -0.2) is 6.04 Å². The van der Waals surface area contributed by atoms with Crippen LogP contribution in [0.5, 0.6) is 0 Å². The molecule has 1 atom stereocenters. The van der Waals surface area contributed by atoms with Crippen molar-refractivity contribution in [3.8, 4) is 0 Å². The summed E-state index contributed by atoms with van der Waals surface area (Å²) in [5.74, 6) is 0. The molecule has 1 unspecified atom stereocenters. The van der Waals surface area contributed by atoms with Crippen LogP contribution in [0.4, 0.5) is 0 Å². The number of aryl methyl sites for hydroxylation is 1. The van der Waals surface area contributed by atoms with E-state index in [-0.39, 0.29) is 11.5 Å². The molecule has 2 N–H and O–H groups in total. The molecular formula is C19H25NS. The van der Waals surface area contributed by atoms with Crippen LogP contribution in [0.3, 0.4) is 0 Å². The van der Waals surface area contributed by atoms with Crippen molar-refractivity contribution in [3.05, 3.63) is 57.8 Å². The summed E-state index contributed by atoms with van der Waals surface area (Å²) in [5.41, 5.74) is 8.37. The quantitative estimate of drug-likeness (QED) is 0.851. The maximum absolute atomic E-state index is 6.74. The molecule has 2 heteroatoms. The number of benzene rings is 1. The highest BCUT2D eigenvalue weighted by Gasteiger charge is 2.40. The van der Waals surface area contributed by atoms with E-state index in [0.29, 0.717) is 0 Å². The Kier molecular flexibility index (Phi) is 4.46. The average Bonchev–Trinajstić information content (AvgIpc) is 3.18. The molecule has 1 heterocycles. The summed E-state index contributed by atoms with van der Waals surface area (Å²) >= 11 is 1.93. The lowest BCUT2D eigenvalue weighted by molar-refractivity contribution is 0.348. The van der Waals surface area contributed by atoms with Crippen molar-refractivity contribution in [2.24, 2.45) is 5.73 Å². The van der Waals surface area contributed by atoms with Crippen molar-refractivity contribution in [1.82, 2.24) is 0 Å². The molecule has 3 rings (SSSR count). The van der Waals surface area contributed by atoms with E-state index in [9.17, 15) is 0 Å². The van der Waals surface area contributed by atoms with Crippen molar-refractivity contribution in [3.63, 3.8) is 0 Å². The molecule has 1 fully saturated rings. The van der Waals surface area contributed by atoms with Crippen LogP contribution in [0.25, 0.3) is 0 Å². The molecule has 0 bridgehead atoms. The van der Waals surface area contributed by atoms with Gasteiger partial charge in [0.15, 0.2) is 0 Å². The van der Waals surface area contributed by atoms with Crippen molar-refractivity contribution >= 4 is 11.3 Å². The summed E-state index contributed by atoms with van der Waals surface area (Å²) in [6.07, 6.45) is 7.25. The monoisotopic (exact) mass is 299 g/mol. The molecule has 0 spiro atoms. The molecule has 1 aliphatic rings. The zero-order valence-corrected chi connectivity index (χ0v) is 13.7. The van der Waals surface area contributed by atoms with Crippen molar-refractivity contribution in [2.75, 3.05) is 0 Å². The van der Waals surface area contributed by atoms with Crippen LogP contribution in [0, 0.1) is 0 Å². The third kappa shape index (κ3) is 2.93. The lowest BCUT2D eigenvalue weighted by Gasteiger charge is -2.36. The first kappa shape index (κ1) is 14.8. The molecule has 1 saturated carbocycles. The molecule has 1 aliphatic carbocycles. The topological polar surface area (TPSA) is 26.0 Å². The molecule has 112 valence electrons. The first-order chi connectivity index (χ1) is 10.2. The molecule has 0 amide bonds. The van der Waals surface area contributed by atoms with Gasteiger partial charge in [0.05, 0.1) is 0 Å². The van der Waals surface area contributed by atoms with Gasteiger partial charge in [0.2, 0.25) is 0 Å². The minimum atomic E-state index is 0.192. The normalized spacial score (nSPS) is 18.8. The summed E-state index contributed by atoms with van der Waals surface area (Å²) < 4.78 is 0. The van der Waals surface area contributed by atoms with Gasteiger partial charge in [-0.15, -0.1) is 11.3 Å². The second kappa shape index (κ2) is 6.33. The minimum absolute atomic E-state index is 0.192. The second-order valence-electron chi connectivity index (χ2n) is 6.26. The molecule has 0 aliphatic heterocycles. The number of hydrogen-bond acceptors (Lipinski definition) is 2. The molecule has 1 nitrogen and oxygen atoms in total. The molecule has 2 aromatic rings. The van der Waals surface area contributed by atoms with Crippen LogP contribution >= 0.6 is 11.3 Å². The van der Waals surface area contributed by atoms with Crippen LogP contribution < -0.4 is 5.73 Å². The fourth-order valence-corrected chi connectivity index (χ4v) is 4.80. The maximum atomic E-state index is 6.74. The Morgan fingerprint density at radius 2 is 1.71 bits per heavy atom. The Hall–Kier alpha value is -1.12. The Labute approximate surface area is 132 Å². The lowest BCUT2D eigenvalue weighted by atomic mass is 9.72. The summed E-state index contributed by atoms with van der Waals surface area (Å²) in [6, 6.07) is 15.7. The van der Waals surface area contributed by atoms with Crippen molar-refractivity contribution in [2.45, 2.75) is 56.9 Å². The summed E-state index contributed by atoms with van der Waals surface area (Å²) in [7, 11) is 0. The van der Waals surface area contributed by atoms with E-state index < -0.39 is 0 Å². The van der Waals surface area contributed by atoms with Crippen molar-refractivity contribution < 1.29 is 0 Å². The Balaban J connectivity index is 1.83. The fraction of sp³-hybridized carbons (Fsp3) is 0.474. The standard InChI is InChI=1S/C19H25NS/c1-2-16-10-11-17(21-16)14-18(20)19(12-6-7-13-19)15-8-4-3-5-9-15/h3-5,8-11,18H,2,6-7,12-14,20H2,1H3. The van der Waals surface area contributed by atoms with Crippen molar-refractivity contribution in [1.29, 1.82) is 0 Å². The SMILES string of the molecule is CCc1ccc(CC(N)C2(c3ccccc3)CCCC2)s1. The van der Waals surface area contributed by atoms with Crippen LogP contribution in [0.15, 0.2) is 42.5 Å². The van der Waals surface area contributed by atoms with Gasteiger partial charge in [-0.05, 0) is 43.4 Å². The highest BCUT2D eigenvalue weighted by atomic mass is 32.1. The zero-order chi connectivity index (χ0) is 14.7. The molecule has 21 heavy (non-hydrogen) atoms. The molecule has 0 saturated heterocycles. The third-order valence-corrected chi connectivity index (χ3v) is 6.29. The largest absolute Gasteiger partial charge is 0.327 e. The second-order valence-corrected chi connectivity index (χ2v) is 7.51. The summed E-state index contributed by atoms with van der Waals surface area (Å²) in [6.45, 7) is 2.22. The lowest BCUT2D eigenvalue weighted by Crippen LogP contribution is -2.44. The highest BCUT2D eigenvalue weighted by molar-refractivity contribution is 7.11. The van der Waals surface area contributed by atoms with Gasteiger partial charge in [0.25, 0.3) is 0 Å². The van der Waals surface area contributed by atoms with Gasteiger partial charge < -0.3 is 5.73 Å². The minimum Gasteiger partial charge on any atom is -0.327 e. The highest BCUT2D eigenvalue weighted by Crippen LogP contribution is 2.44. The molecular weight excluding hydrogens is 274 g/mol. The third-order valence-electron chi connectivity index (χ3n) is 5.04. The van der Waals surface area contributed by atoms with Crippen LogP contribution in [0.1, 0.15) is 47.9 Å². The van der Waals surface area contributed by atoms with E-state index in [1.165, 1.54) is 41.0 Å². The van der Waals surface area contributed by atoms with Crippen LogP contribution in [0.2, 0.25) is 0 Å². The number of nitrogens with two attached hydrogens (primary N) is 1. The van der Waals surface area contributed by atoms with Gasteiger partial charge in [-0.1, -0.05) is 50.1 Å². The van der Waals surface area contributed by atoms with E-state index in [4.69, 9.17) is 5.73 Å². The van der Waals surface area contributed by atoms with E-state index in [0.717, 1.165) is 12.8 Å². The number of thiophene rings is 1. The summed E-state index contributed by atoms with van der Waals surface area (Å²) in [4.78, 5) is 2.92. The van der Waals surface area contributed by atoms with Gasteiger partial charge >= 0.3 is 0 Å². The van der Waals surface area contributed by atoms with E-state index >= 15 is 0 Å². The molecule has 1 aromatic carbocycles. The predicted molar refractivity (Wildman–Crippen MR) is 92.0 cm³/mol. The first-order valence-corrected chi connectivity index (χ1v) is 8.95. The fourth-order valence-electron chi connectivity index (χ4n) is 3.78. The van der Waals surface area contributed by atoms with Gasteiger partial charge in [-0.3, -0.25) is 0 Å². The zero-order valence-electron chi connectivity index (χ0n) is 12.8. The number of hydrogen-bond donors (Lipinski definition) is 1. The maximum Gasteiger partial charge on any atom is 0.0185 e. The predicted octanol–water partition coefficient (Wildman–Crippen LogP) is 4.69. The van der Waals surface area contributed by atoms with Crippen LogP contribution in [-0.2, 0) is 18.3 Å². The first-order valence-electron chi connectivity index (χ1n) is 8.13. The van der Waals surface area contributed by atoms with Gasteiger partial charge in [-0.2, -0.15) is 0 Å². The number of rotatable bonds is 5. The van der Waals surface area contributed by atoms with E-state index in [2.05, 4.69) is 49.4 Å². The smallest absolute Gasteiger partial charge is 0.0185 e. The van der Waals surface area contributed by atoms with E-state index in [1.807, 2.05) is 11.3 Å². The van der Waals surface area contributed by atoms with Gasteiger partial charge in [0, 0.05) is 21.2 Å². The molecule has 1 aromatic heterocycles. The summed E-state index contributed by atoms with van der Waals surface area (Å²) in [5, 5.41) is 0.